The minimum atomic E-state index is -3.14. The van der Waals surface area contributed by atoms with Gasteiger partial charge in [0.1, 0.15) is 6.23 Å². The van der Waals surface area contributed by atoms with Crippen molar-refractivity contribution in [3.63, 3.8) is 0 Å². The topological polar surface area (TPSA) is 65.1 Å². The van der Waals surface area contributed by atoms with Crippen LogP contribution in [-0.4, -0.2) is 62.9 Å². The van der Waals surface area contributed by atoms with Gasteiger partial charge in [0, 0.05) is 44.5 Å². The molecule has 0 amide bonds. The quantitative estimate of drug-likeness (QED) is 0.0260. The molecule has 0 saturated carbocycles. The average Bonchev–Trinajstić information content (AvgIpc) is 3.33. The van der Waals surface area contributed by atoms with Gasteiger partial charge < -0.3 is 13.3 Å². The van der Waals surface area contributed by atoms with Gasteiger partial charge in [-0.2, -0.15) is 0 Å². The van der Waals surface area contributed by atoms with E-state index in [0.29, 0.717) is 31.4 Å². The molecule has 0 rings (SSSR count). The summed E-state index contributed by atoms with van der Waals surface area (Å²) in [6.45, 7) is 17.2. The maximum absolute atomic E-state index is 13.1. The summed E-state index contributed by atoms with van der Waals surface area (Å²) in [5, 5.41) is -0.265. The molecule has 67 heavy (non-hydrogen) atoms. The average molecular weight is 983 g/mol. The fourth-order valence-electron chi connectivity index (χ4n) is 9.36. The molecule has 0 N–H and O–H groups in total. The van der Waals surface area contributed by atoms with Crippen molar-refractivity contribution >= 4 is 31.5 Å². The third-order valence-electron chi connectivity index (χ3n) is 13.9. The fourth-order valence-corrected chi connectivity index (χ4v) is 13.2. The molecule has 0 aliphatic heterocycles. The molecule has 0 fully saturated rings. The number of hydrogen-bond donors (Lipinski definition) is 0. The van der Waals surface area contributed by atoms with Crippen molar-refractivity contribution in [2.45, 2.75) is 336 Å². The third kappa shape index (κ3) is 45.4. The molecule has 6 nitrogen and oxygen atoms in total. The Morgan fingerprint density at radius 1 is 0.403 bits per heavy atom. The highest BCUT2D eigenvalue weighted by Crippen LogP contribution is 2.26. The van der Waals surface area contributed by atoms with Crippen LogP contribution < -0.4 is 0 Å². The molecule has 0 aromatic carbocycles. The highest BCUT2D eigenvalue weighted by molar-refractivity contribution is 8.15. The summed E-state index contributed by atoms with van der Waals surface area (Å²) in [7, 11) is -3.14. The molecular formula is C59H119NO5SSi. The van der Waals surface area contributed by atoms with E-state index >= 15 is 0 Å². The van der Waals surface area contributed by atoms with E-state index in [0.717, 1.165) is 45.2 Å². The van der Waals surface area contributed by atoms with Crippen molar-refractivity contribution in [3.05, 3.63) is 0 Å². The fraction of sp³-hybridized carbons (Fsp3) is 0.966. The summed E-state index contributed by atoms with van der Waals surface area (Å²) in [5.74, 6) is 0.407. The van der Waals surface area contributed by atoms with Crippen LogP contribution in [0.25, 0.3) is 0 Å². The van der Waals surface area contributed by atoms with E-state index in [4.69, 9.17) is 13.3 Å². The molecule has 0 heterocycles. The highest BCUT2D eigenvalue weighted by Gasteiger charge is 2.43. The van der Waals surface area contributed by atoms with Gasteiger partial charge in [0.05, 0.1) is 0 Å². The summed E-state index contributed by atoms with van der Waals surface area (Å²) in [4.78, 5) is 28.6. The van der Waals surface area contributed by atoms with Crippen LogP contribution in [0.1, 0.15) is 324 Å². The van der Waals surface area contributed by atoms with Gasteiger partial charge in [-0.25, -0.2) is 0 Å². The molecule has 0 aromatic heterocycles. The summed E-state index contributed by atoms with van der Waals surface area (Å²) in [6.07, 6.45) is 54.6. The Hall–Kier alpha value is -0.253. The lowest BCUT2D eigenvalue weighted by Crippen LogP contribution is -2.52. The van der Waals surface area contributed by atoms with Crippen LogP contribution in [0, 0.1) is 0 Å². The number of hydrogen-bond acceptors (Lipinski definition) is 7. The Morgan fingerprint density at radius 2 is 0.701 bits per heavy atom. The van der Waals surface area contributed by atoms with Crippen LogP contribution in [0.5, 0.6) is 0 Å². The zero-order chi connectivity index (χ0) is 49.0. The Morgan fingerprint density at radius 3 is 1.04 bits per heavy atom. The summed E-state index contributed by atoms with van der Waals surface area (Å²) in [6, 6.07) is 0.696. The number of unbranched alkanes of at least 4 members (excludes halogenated alkanes) is 37. The first-order valence-corrected chi connectivity index (χ1v) is 33.2. The minimum absolute atomic E-state index is 0.0881. The lowest BCUT2D eigenvalue weighted by molar-refractivity contribution is -0.131. The predicted octanol–water partition coefficient (Wildman–Crippen LogP) is 19.7. The van der Waals surface area contributed by atoms with Crippen LogP contribution in [0.4, 0.5) is 0 Å². The monoisotopic (exact) mass is 982 g/mol. The summed E-state index contributed by atoms with van der Waals surface area (Å²) < 4.78 is 21.4. The normalized spacial score (nSPS) is 12.5. The molecule has 400 valence electrons. The summed E-state index contributed by atoms with van der Waals surface area (Å²) >= 11 is 1.22. The van der Waals surface area contributed by atoms with Crippen LogP contribution >= 0.6 is 11.8 Å². The highest BCUT2D eigenvalue weighted by atomic mass is 32.2. The molecule has 0 aliphatic carbocycles. The predicted molar refractivity (Wildman–Crippen MR) is 299 cm³/mol. The van der Waals surface area contributed by atoms with E-state index in [1.807, 2.05) is 0 Å². The lowest BCUT2D eigenvalue weighted by atomic mass is 10.1. The Labute approximate surface area is 425 Å². The van der Waals surface area contributed by atoms with Crippen LogP contribution in [-0.2, 0) is 22.9 Å². The van der Waals surface area contributed by atoms with Gasteiger partial charge in [-0.3, -0.25) is 14.5 Å². The Balaban J connectivity index is 5.84. The maximum atomic E-state index is 13.1. The van der Waals surface area contributed by atoms with Gasteiger partial charge >= 0.3 is 8.80 Å². The van der Waals surface area contributed by atoms with Crippen molar-refractivity contribution in [3.8, 4) is 0 Å². The van der Waals surface area contributed by atoms with Gasteiger partial charge in [-0.1, -0.05) is 284 Å². The molecule has 8 heteroatoms. The second-order valence-electron chi connectivity index (χ2n) is 20.6. The number of nitrogens with zero attached hydrogens (tertiary/aromatic N) is 1. The zero-order valence-electron chi connectivity index (χ0n) is 46.3. The number of rotatable bonds is 57. The molecule has 1 unspecified atom stereocenters. The number of Topliss-reactive ketones (excluding diaryl/α,β-unsaturated/α-hetero) is 1. The zero-order valence-corrected chi connectivity index (χ0v) is 48.1. The van der Waals surface area contributed by atoms with E-state index in [1.54, 1.807) is 0 Å². The number of carbonyl (C=O) groups excluding carboxylic acids is 2. The SMILES string of the molecule is CCCCCCCCCCCCC(=O)C(=O)SCCC[Si](OCCCCCCCCCC)(OCCCCCCCCCC)OC(C)N(CCCCCCCCCC)CCCCCCCCCC. The standard InChI is InChI=1S/C59H119NO5SSi/c1-7-12-17-22-27-32-33-34-39-44-50-58(61)59(62)66-55-49-56-67(63-53-47-42-37-30-25-20-15-10-4,64-54-48-43-38-31-26-21-16-11-5)65-57(6)60(51-45-40-35-28-23-18-13-8-2)52-46-41-36-29-24-19-14-9-3/h57H,7-56H2,1-6H3. The van der Waals surface area contributed by atoms with Gasteiger partial charge in [0.15, 0.2) is 0 Å². The second-order valence-corrected chi connectivity index (χ2v) is 24.4. The van der Waals surface area contributed by atoms with E-state index in [2.05, 4.69) is 46.4 Å². The smallest absolute Gasteiger partial charge is 0.373 e. The van der Waals surface area contributed by atoms with Crippen molar-refractivity contribution in [2.75, 3.05) is 32.1 Å². The Bertz CT molecular complexity index is 976. The maximum Gasteiger partial charge on any atom is 0.502 e. The van der Waals surface area contributed by atoms with Crippen LogP contribution in [0.3, 0.4) is 0 Å². The van der Waals surface area contributed by atoms with Crippen molar-refractivity contribution < 1.29 is 22.9 Å². The molecule has 0 saturated heterocycles. The number of ketones is 1. The van der Waals surface area contributed by atoms with E-state index in [1.165, 1.54) is 256 Å². The van der Waals surface area contributed by atoms with Crippen molar-refractivity contribution in [1.82, 2.24) is 4.90 Å². The van der Waals surface area contributed by atoms with E-state index in [-0.39, 0.29) is 17.1 Å². The first-order chi connectivity index (χ1) is 32.9. The molecule has 0 aromatic rings. The van der Waals surface area contributed by atoms with E-state index < -0.39 is 8.80 Å². The van der Waals surface area contributed by atoms with Crippen LogP contribution in [0.2, 0.25) is 6.04 Å². The lowest BCUT2D eigenvalue weighted by Gasteiger charge is -2.37. The van der Waals surface area contributed by atoms with Crippen LogP contribution in [0.15, 0.2) is 0 Å². The minimum Gasteiger partial charge on any atom is -0.373 e. The number of thioether (sulfide) groups is 1. The third-order valence-corrected chi connectivity index (χ3v) is 17.9. The molecule has 0 spiro atoms. The van der Waals surface area contributed by atoms with E-state index in [9.17, 15) is 9.59 Å². The van der Waals surface area contributed by atoms with Crippen molar-refractivity contribution in [2.24, 2.45) is 0 Å². The molecular weight excluding hydrogens is 863 g/mol. The first kappa shape index (κ1) is 66.7. The molecule has 1 atom stereocenters. The largest absolute Gasteiger partial charge is 0.502 e. The molecule has 0 radical (unpaired) electrons. The van der Waals surface area contributed by atoms with Gasteiger partial charge in [0.25, 0.3) is 5.12 Å². The first-order valence-electron chi connectivity index (χ1n) is 30.3. The summed E-state index contributed by atoms with van der Waals surface area (Å²) in [5.41, 5.74) is 0. The Kier molecular flexibility index (Phi) is 53.3. The molecule has 0 bridgehead atoms. The van der Waals surface area contributed by atoms with Gasteiger partial charge in [-0.15, -0.1) is 0 Å². The van der Waals surface area contributed by atoms with Gasteiger partial charge in [-0.05, 0) is 45.4 Å². The number of carbonyl (C=O) groups is 2. The second kappa shape index (κ2) is 53.5. The molecule has 0 aliphatic rings. The van der Waals surface area contributed by atoms with Gasteiger partial charge in [0.2, 0.25) is 5.78 Å². The van der Waals surface area contributed by atoms with Crippen molar-refractivity contribution in [1.29, 1.82) is 0 Å².